The Morgan fingerprint density at radius 2 is 1.07 bits per heavy atom. The molecule has 10 nitrogen and oxygen atoms in total. The van der Waals surface area contributed by atoms with E-state index in [4.69, 9.17) is 18.7 Å². The molecule has 0 aliphatic carbocycles. The molecule has 0 amide bonds. The molecule has 0 saturated heterocycles. The van der Waals surface area contributed by atoms with Gasteiger partial charge in [0.25, 0.3) is 0 Å². The van der Waals surface area contributed by atoms with E-state index >= 15 is 0 Å². The Hall–Kier alpha value is -4.44. The van der Waals surface area contributed by atoms with Crippen LogP contribution >= 0.6 is 23.4 Å². The minimum absolute atomic E-state index is 0.284. The molecule has 0 saturated carbocycles. The van der Waals surface area contributed by atoms with Crippen molar-refractivity contribution >= 4 is 23.4 Å². The quantitative estimate of drug-likeness (QED) is 0.189. The zero-order chi connectivity index (χ0) is 27.8. The van der Waals surface area contributed by atoms with E-state index in [-0.39, 0.29) is 5.75 Å². The van der Waals surface area contributed by atoms with Crippen LogP contribution in [0.25, 0.3) is 0 Å². The van der Waals surface area contributed by atoms with Crippen molar-refractivity contribution in [2.24, 2.45) is 4.52 Å². The van der Waals surface area contributed by atoms with Crippen molar-refractivity contribution in [1.82, 2.24) is 9.21 Å². The molecule has 0 aromatic heterocycles. The van der Waals surface area contributed by atoms with Crippen LogP contribution in [0.2, 0.25) is 0 Å². The molecule has 0 fully saturated rings. The average molecular weight is 586 g/mol. The molecular weight excluding hydrogens is 565 g/mol. The van der Waals surface area contributed by atoms with Crippen LogP contribution in [0, 0.1) is 33.2 Å². The van der Waals surface area contributed by atoms with E-state index < -0.39 is 23.4 Å². The van der Waals surface area contributed by atoms with Gasteiger partial charge in [0.1, 0.15) is 0 Å². The number of hydrogen-bond donors (Lipinski definition) is 0. The molecule has 4 aromatic carbocycles. The molecule has 198 valence electrons. The van der Waals surface area contributed by atoms with Crippen LogP contribution in [-0.2, 0) is 0 Å². The maximum absolute atomic E-state index is 11.0. The summed E-state index contributed by atoms with van der Waals surface area (Å²) in [5, 5.41) is 31.9. The minimum atomic E-state index is -4.47. The van der Waals surface area contributed by atoms with Gasteiger partial charge < -0.3 is 0 Å². The van der Waals surface area contributed by atoms with E-state index in [0.717, 1.165) is 4.60 Å². The summed E-state index contributed by atoms with van der Waals surface area (Å²) in [4.78, 5) is 12.5. The van der Waals surface area contributed by atoms with Crippen LogP contribution in [0.3, 0.4) is 0 Å². The molecule has 1 unspecified atom stereocenters. The van der Waals surface area contributed by atoms with E-state index in [1.54, 1.807) is 109 Å². The molecule has 0 N–H and O–H groups in total. The van der Waals surface area contributed by atoms with Crippen molar-refractivity contribution in [2.45, 2.75) is 0 Å². The van der Waals surface area contributed by atoms with Crippen LogP contribution in [0.5, 0.6) is 23.0 Å². The molecule has 13 heteroatoms. The number of nitriles is 3. The maximum atomic E-state index is 11.0. The van der Waals surface area contributed by atoms with Gasteiger partial charge in [0.2, 0.25) is 0 Å². The summed E-state index contributed by atoms with van der Waals surface area (Å²) in [6.45, 7) is 0. The van der Waals surface area contributed by atoms with E-state index in [1.165, 1.54) is 4.60 Å². The molecule has 40 heavy (non-hydrogen) atoms. The first-order valence-corrected chi connectivity index (χ1v) is 16.5. The zero-order valence-electron chi connectivity index (χ0n) is 20.8. The predicted octanol–water partition coefficient (Wildman–Crippen LogP) is 8.03. The molecule has 4 aromatic rings. The fourth-order valence-corrected chi connectivity index (χ4v) is 12.7. The summed E-state index contributed by atoms with van der Waals surface area (Å²) >= 11 is 0. The summed E-state index contributed by atoms with van der Waals surface area (Å²) in [6, 6.07) is 34.7. The van der Waals surface area contributed by atoms with E-state index in [0.29, 0.717) is 17.2 Å². The van der Waals surface area contributed by atoms with Crippen molar-refractivity contribution < 1.29 is 18.7 Å². The Labute approximate surface area is 233 Å². The molecule has 0 bridgehead atoms. The topological polar surface area (TPSA) is 127 Å². The molecule has 0 radical (unpaired) electrons. The van der Waals surface area contributed by atoms with Crippen molar-refractivity contribution in [1.29, 1.82) is 15.8 Å². The average Bonchev–Trinajstić information content (AvgIpc) is 3.02. The Balaban J connectivity index is 1.76. The van der Waals surface area contributed by atoms with Crippen LogP contribution in [0.1, 0.15) is 0 Å². The van der Waals surface area contributed by atoms with Gasteiger partial charge in [0, 0.05) is 0 Å². The van der Waals surface area contributed by atoms with E-state index in [1.807, 2.05) is 12.1 Å². The van der Waals surface area contributed by atoms with Crippen molar-refractivity contribution in [3.8, 4) is 40.4 Å². The van der Waals surface area contributed by atoms with Gasteiger partial charge in [-0.2, -0.15) is 0 Å². The molecule has 1 aliphatic heterocycles. The Kier molecular flexibility index (Phi) is 8.26. The molecule has 1 atom stereocenters. The third-order valence-electron chi connectivity index (χ3n) is 5.37. The van der Waals surface area contributed by atoms with Crippen LogP contribution in [0.4, 0.5) is 0 Å². The monoisotopic (exact) mass is 586 g/mol. The van der Waals surface area contributed by atoms with Gasteiger partial charge in [-0.05, 0) is 0 Å². The number of benzene rings is 4. The third kappa shape index (κ3) is 5.48. The SMILES string of the molecule is N#CP1(C#N)=NP(Oc2ccccc2)N(Oc2ccccc2)[PH](C#N)(Oc2ccccc2)N1Oc1ccccc1. The standard InChI is InChI=1S/C27H21N6O4P3/c28-21-39(22-29)31-38(36-26-17-9-3-10-18-26)32(34-24-13-5-1-6-14-24)40(23-30,37-27-19-11-4-12-20-27)33(39)35-25-15-7-2-8-16-25/h1-20,40H. The van der Waals surface area contributed by atoms with E-state index in [9.17, 15) is 15.8 Å². The van der Waals surface area contributed by atoms with Crippen molar-refractivity contribution in [3.63, 3.8) is 0 Å². The number of para-hydroxylation sites is 4. The second-order valence-corrected chi connectivity index (χ2v) is 15.0. The third-order valence-corrected chi connectivity index (χ3v) is 14.0. The molecule has 1 aliphatic rings. The van der Waals surface area contributed by atoms with E-state index in [2.05, 4.69) is 21.9 Å². The fraction of sp³-hybridized carbons (Fsp3) is 0. The Morgan fingerprint density at radius 3 is 1.55 bits per heavy atom. The number of rotatable bonds is 8. The van der Waals surface area contributed by atoms with Gasteiger partial charge in [-0.3, -0.25) is 0 Å². The first-order chi connectivity index (χ1) is 19.6. The first kappa shape index (κ1) is 27.1. The van der Waals surface area contributed by atoms with Crippen molar-refractivity contribution in [3.05, 3.63) is 121 Å². The van der Waals surface area contributed by atoms with Crippen LogP contribution < -0.4 is 18.7 Å². The number of hydrogen-bond acceptors (Lipinski definition) is 10. The Morgan fingerprint density at radius 1 is 0.625 bits per heavy atom. The van der Waals surface area contributed by atoms with Gasteiger partial charge in [-0.25, -0.2) is 0 Å². The summed E-state index contributed by atoms with van der Waals surface area (Å²) in [5.41, 5.74) is 0. The van der Waals surface area contributed by atoms with Gasteiger partial charge in [-0.1, -0.05) is 0 Å². The molecular formula is C27H21N6O4P3. The summed E-state index contributed by atoms with van der Waals surface area (Å²) in [6.07, 6.45) is 0. The van der Waals surface area contributed by atoms with Crippen LogP contribution in [0.15, 0.2) is 126 Å². The second kappa shape index (κ2) is 12.2. The zero-order valence-corrected chi connectivity index (χ0v) is 23.5. The summed E-state index contributed by atoms with van der Waals surface area (Å²) < 4.78 is 19.6. The Bertz CT molecular complexity index is 1610. The predicted molar refractivity (Wildman–Crippen MR) is 153 cm³/mol. The normalized spacial score (nSPS) is 18.4. The van der Waals surface area contributed by atoms with Gasteiger partial charge in [0.05, 0.1) is 0 Å². The summed E-state index contributed by atoms with van der Waals surface area (Å²) in [5.74, 6) is 7.74. The van der Waals surface area contributed by atoms with Gasteiger partial charge in [-0.15, -0.1) is 0 Å². The van der Waals surface area contributed by atoms with Crippen molar-refractivity contribution in [2.75, 3.05) is 0 Å². The van der Waals surface area contributed by atoms with Gasteiger partial charge in [0.15, 0.2) is 0 Å². The molecule has 1 heterocycles. The first-order valence-electron chi connectivity index (χ1n) is 11.8. The molecule has 5 rings (SSSR count). The number of nitrogens with zero attached hydrogens (tertiary/aromatic N) is 6. The molecule has 0 spiro atoms. The van der Waals surface area contributed by atoms with Crippen LogP contribution in [-0.4, -0.2) is 9.21 Å². The fourth-order valence-electron chi connectivity index (χ4n) is 3.56. The van der Waals surface area contributed by atoms with Gasteiger partial charge >= 0.3 is 233 Å². The summed E-state index contributed by atoms with van der Waals surface area (Å²) in [7, 11) is -10.7. The second-order valence-electron chi connectivity index (χ2n) is 8.04.